The van der Waals surface area contributed by atoms with Gasteiger partial charge < -0.3 is 58.9 Å². The molecule has 0 saturated carbocycles. The number of phenolic OH excluding ortho intramolecular Hbond substituents is 4. The van der Waals surface area contributed by atoms with Crippen LogP contribution in [-0.4, -0.2) is 90.5 Å². The van der Waals surface area contributed by atoms with Crippen LogP contribution in [0.25, 0.3) is 22.3 Å². The molecule has 0 radical (unpaired) electrons. The fraction of sp³-hybridized carbons (Fsp3) is 0.238. The summed E-state index contributed by atoms with van der Waals surface area (Å²) < 4.78 is 52.2. The molecule has 2 aromatic carbocycles. The van der Waals surface area contributed by atoms with Gasteiger partial charge in [-0.25, -0.2) is 4.79 Å². The zero-order chi connectivity index (χ0) is 29.0. The van der Waals surface area contributed by atoms with Gasteiger partial charge in [-0.1, -0.05) is 0 Å². The lowest BCUT2D eigenvalue weighted by atomic mass is 9.99. The number of ether oxygens (including phenoxy) is 2. The van der Waals surface area contributed by atoms with Crippen LogP contribution in [0, 0.1) is 0 Å². The Labute approximate surface area is 215 Å². The smallest absolute Gasteiger partial charge is 0.446 e. The molecule has 1 aliphatic heterocycles. The molecule has 210 valence electrons. The molecule has 4 rings (SSSR count). The van der Waals surface area contributed by atoms with E-state index in [9.17, 15) is 63.4 Å². The van der Waals surface area contributed by atoms with Gasteiger partial charge in [-0.2, -0.15) is 8.42 Å². The Hall–Kier alpha value is -4.33. The average Bonchev–Trinajstić information content (AvgIpc) is 2.83. The fourth-order valence-corrected chi connectivity index (χ4v) is 4.07. The van der Waals surface area contributed by atoms with Crippen LogP contribution in [0.2, 0.25) is 0 Å². The SMILES string of the molecule is O=C(O)C1O[C@@H](Oc2c(O)cc(O)c3c(=O)c(OS(=O)(=O)O)c(-c4ccc(O)c(O)c4)oc23)C(O)[C@@H](O)[C@@H]1O. The average molecular weight is 574 g/mol. The van der Waals surface area contributed by atoms with Crippen molar-refractivity contribution in [1.82, 2.24) is 0 Å². The molecule has 1 saturated heterocycles. The molecular formula is C21H18O17S. The molecule has 3 aromatic rings. The number of benzene rings is 2. The third-order valence-electron chi connectivity index (χ3n) is 5.51. The van der Waals surface area contributed by atoms with Gasteiger partial charge in [-0.3, -0.25) is 9.35 Å². The van der Waals surface area contributed by atoms with Crippen molar-refractivity contribution in [2.24, 2.45) is 0 Å². The summed E-state index contributed by atoms with van der Waals surface area (Å²) >= 11 is 0. The van der Waals surface area contributed by atoms with Crippen LogP contribution < -0.4 is 14.3 Å². The largest absolute Gasteiger partial charge is 0.507 e. The third-order valence-corrected chi connectivity index (χ3v) is 5.89. The van der Waals surface area contributed by atoms with Gasteiger partial charge in [0.2, 0.25) is 23.2 Å². The summed E-state index contributed by atoms with van der Waals surface area (Å²) in [6, 6.07) is 3.19. The monoisotopic (exact) mass is 574 g/mol. The van der Waals surface area contributed by atoms with Crippen LogP contribution >= 0.6 is 0 Å². The van der Waals surface area contributed by atoms with Crippen molar-refractivity contribution in [2.75, 3.05) is 0 Å². The van der Waals surface area contributed by atoms with Crippen LogP contribution in [0.1, 0.15) is 0 Å². The first-order valence-corrected chi connectivity index (χ1v) is 11.8. The highest BCUT2D eigenvalue weighted by atomic mass is 32.3. The van der Waals surface area contributed by atoms with Crippen molar-refractivity contribution in [3.05, 3.63) is 34.5 Å². The van der Waals surface area contributed by atoms with Crippen LogP contribution in [0.3, 0.4) is 0 Å². The Morgan fingerprint density at radius 3 is 2.13 bits per heavy atom. The first-order valence-electron chi connectivity index (χ1n) is 10.4. The van der Waals surface area contributed by atoms with Crippen molar-refractivity contribution in [3.63, 3.8) is 0 Å². The number of fused-ring (bicyclic) bond motifs is 1. The Bertz CT molecular complexity index is 1630. The van der Waals surface area contributed by atoms with E-state index in [2.05, 4.69) is 4.18 Å². The summed E-state index contributed by atoms with van der Waals surface area (Å²) in [7, 11) is -5.40. The van der Waals surface area contributed by atoms with Crippen LogP contribution in [0.4, 0.5) is 0 Å². The molecule has 1 fully saturated rings. The van der Waals surface area contributed by atoms with Crippen molar-refractivity contribution >= 4 is 27.3 Å². The van der Waals surface area contributed by atoms with E-state index in [4.69, 9.17) is 13.9 Å². The van der Waals surface area contributed by atoms with Crippen molar-refractivity contribution in [3.8, 4) is 45.8 Å². The molecule has 17 nitrogen and oxygen atoms in total. The first-order chi connectivity index (χ1) is 18.1. The van der Waals surface area contributed by atoms with Crippen LogP contribution in [-0.2, 0) is 19.9 Å². The van der Waals surface area contributed by atoms with Gasteiger partial charge >= 0.3 is 16.4 Å². The van der Waals surface area contributed by atoms with E-state index in [1.165, 1.54) is 0 Å². The molecule has 0 amide bonds. The van der Waals surface area contributed by atoms with Crippen molar-refractivity contribution in [2.45, 2.75) is 30.7 Å². The van der Waals surface area contributed by atoms with E-state index < -0.39 is 104 Å². The van der Waals surface area contributed by atoms with Crippen LogP contribution in [0.15, 0.2) is 33.5 Å². The zero-order valence-electron chi connectivity index (χ0n) is 18.9. The van der Waals surface area contributed by atoms with E-state index in [0.29, 0.717) is 6.07 Å². The second kappa shape index (κ2) is 9.76. The topological polar surface area (TPSA) is 291 Å². The second-order valence-electron chi connectivity index (χ2n) is 8.10. The highest BCUT2D eigenvalue weighted by Gasteiger charge is 2.48. The number of aliphatic hydroxyl groups excluding tert-OH is 3. The molecule has 2 heterocycles. The second-order valence-corrected chi connectivity index (χ2v) is 9.13. The number of aliphatic carboxylic acids is 1. The standard InChI is InChI=1S/C21H18O17S/c22-6-2-1-5(3-7(6)23)15-18(38-39(32,33)34)11(26)10-8(24)4-9(25)16(17(10)35-15)36-21-14(29)12(27)13(28)19(37-21)20(30)31/h1-4,12-14,19,21-25,27-29H,(H,30,31)(H,32,33,34)/t12-,13-,14?,19?,21+/m0/s1. The van der Waals surface area contributed by atoms with Gasteiger partial charge in [0.05, 0.1) is 0 Å². The summed E-state index contributed by atoms with van der Waals surface area (Å²) in [5, 5.41) is 78.6. The number of carboxylic acid groups (broad SMARTS) is 1. The number of hydrogen-bond acceptors (Lipinski definition) is 15. The first kappa shape index (κ1) is 27.7. The van der Waals surface area contributed by atoms with E-state index in [1.807, 2.05) is 0 Å². The molecular weight excluding hydrogens is 556 g/mol. The van der Waals surface area contributed by atoms with Gasteiger partial charge in [0.15, 0.2) is 34.7 Å². The molecule has 9 N–H and O–H groups in total. The molecule has 1 aliphatic rings. The van der Waals surface area contributed by atoms with E-state index in [-0.39, 0.29) is 5.56 Å². The highest BCUT2D eigenvalue weighted by molar-refractivity contribution is 7.81. The number of hydrogen-bond donors (Lipinski definition) is 9. The number of rotatable bonds is 6. The summed E-state index contributed by atoms with van der Waals surface area (Å²) in [5.41, 5.74) is -2.72. The number of aromatic hydroxyl groups is 4. The molecule has 39 heavy (non-hydrogen) atoms. The zero-order valence-corrected chi connectivity index (χ0v) is 19.7. The maximum absolute atomic E-state index is 13.2. The summed E-state index contributed by atoms with van der Waals surface area (Å²) in [4.78, 5) is 24.6. The third kappa shape index (κ3) is 5.06. The normalized spacial score (nSPS) is 23.4. The van der Waals surface area contributed by atoms with Gasteiger partial charge in [0, 0.05) is 11.6 Å². The number of carboxylic acids is 1. The minimum absolute atomic E-state index is 0.352. The quantitative estimate of drug-likeness (QED) is 0.122. The van der Waals surface area contributed by atoms with Crippen molar-refractivity contribution < 1.29 is 76.7 Å². The summed E-state index contributed by atoms with van der Waals surface area (Å²) in [6.45, 7) is 0. The summed E-state index contributed by atoms with van der Waals surface area (Å²) in [5.74, 6) is -8.26. The minimum Gasteiger partial charge on any atom is -0.507 e. The molecule has 0 bridgehead atoms. The number of phenols is 4. The van der Waals surface area contributed by atoms with E-state index in [0.717, 1.165) is 18.2 Å². The minimum atomic E-state index is -5.40. The number of carbonyl (C=O) groups is 1. The molecule has 18 heteroatoms. The Balaban J connectivity index is 1.98. The molecule has 1 aromatic heterocycles. The number of aliphatic hydroxyl groups is 3. The van der Waals surface area contributed by atoms with Crippen molar-refractivity contribution in [1.29, 1.82) is 0 Å². The van der Waals surface area contributed by atoms with Gasteiger partial charge in [-0.15, -0.1) is 0 Å². The maximum Gasteiger partial charge on any atom is 0.446 e. The predicted octanol–water partition coefficient (Wildman–Crippen LogP) is -1.27. The Morgan fingerprint density at radius 1 is 0.872 bits per heavy atom. The molecule has 2 unspecified atom stereocenters. The predicted molar refractivity (Wildman–Crippen MR) is 122 cm³/mol. The van der Waals surface area contributed by atoms with E-state index in [1.54, 1.807) is 0 Å². The van der Waals surface area contributed by atoms with Gasteiger partial charge in [-0.05, 0) is 18.2 Å². The maximum atomic E-state index is 13.2. The van der Waals surface area contributed by atoms with Gasteiger partial charge in [0.25, 0.3) is 0 Å². The highest BCUT2D eigenvalue weighted by Crippen LogP contribution is 2.45. The molecule has 5 atom stereocenters. The van der Waals surface area contributed by atoms with Gasteiger partial charge in [0.1, 0.15) is 29.4 Å². The lowest BCUT2D eigenvalue weighted by Gasteiger charge is -2.38. The lowest BCUT2D eigenvalue weighted by molar-refractivity contribution is -0.271. The fourth-order valence-electron chi connectivity index (χ4n) is 3.71. The molecule has 0 spiro atoms. The van der Waals surface area contributed by atoms with Crippen LogP contribution in [0.5, 0.6) is 34.5 Å². The summed E-state index contributed by atoms with van der Waals surface area (Å²) in [6.07, 6.45) is -10.6. The lowest BCUT2D eigenvalue weighted by Crippen LogP contribution is -2.61. The Kier molecular flexibility index (Phi) is 6.93. The Morgan fingerprint density at radius 2 is 1.54 bits per heavy atom. The molecule has 0 aliphatic carbocycles. The van der Waals surface area contributed by atoms with E-state index >= 15 is 0 Å².